The molecule has 1 aromatic carbocycles. The first kappa shape index (κ1) is 14.8. The fourth-order valence-electron chi connectivity index (χ4n) is 2.63. The molecule has 1 aliphatic heterocycles. The smallest absolute Gasteiger partial charge is 0.122 e. The minimum absolute atomic E-state index is 0.387. The highest BCUT2D eigenvalue weighted by atomic mass is 79.9. The third-order valence-corrected chi connectivity index (χ3v) is 4.03. The zero-order valence-corrected chi connectivity index (χ0v) is 13.2. The highest BCUT2D eigenvalue weighted by molar-refractivity contribution is 9.09. The highest BCUT2D eigenvalue weighted by Crippen LogP contribution is 2.33. The van der Waals surface area contributed by atoms with Gasteiger partial charge in [-0.3, -0.25) is 0 Å². The maximum Gasteiger partial charge on any atom is 0.122 e. The highest BCUT2D eigenvalue weighted by Gasteiger charge is 2.22. The Hall–Kier alpha value is -0.580. The Labute approximate surface area is 124 Å². The van der Waals surface area contributed by atoms with Crippen LogP contribution in [0, 0.1) is 0 Å². The van der Waals surface area contributed by atoms with Crippen molar-refractivity contribution in [2.45, 2.75) is 17.2 Å². The molecule has 0 spiro atoms. The van der Waals surface area contributed by atoms with E-state index in [1.54, 1.807) is 7.11 Å². The number of hydrogen-bond donors (Lipinski definition) is 0. The Balaban J connectivity index is 1.93. The van der Waals surface area contributed by atoms with Gasteiger partial charge in [0, 0.05) is 26.1 Å². The van der Waals surface area contributed by atoms with Crippen LogP contribution in [-0.4, -0.2) is 50.2 Å². The summed E-state index contributed by atoms with van der Waals surface area (Å²) in [5.74, 6) is 1.62. The summed E-state index contributed by atoms with van der Waals surface area (Å²) in [7, 11) is 3.91. The molecule has 0 fully saturated rings. The molecule has 1 aliphatic rings. The summed E-state index contributed by atoms with van der Waals surface area (Å²) in [6, 6.07) is 8.39. The fraction of sp³-hybridized carbons (Fsp3) is 0.600. The second-order valence-corrected chi connectivity index (χ2v) is 6.44. The molecule has 0 radical (unpaired) electrons. The fourth-order valence-corrected chi connectivity index (χ4v) is 3.39. The lowest BCUT2D eigenvalue weighted by Gasteiger charge is -2.30. The Kier molecular flexibility index (Phi) is 5.67. The zero-order chi connectivity index (χ0) is 13.7. The van der Waals surface area contributed by atoms with E-state index in [1.165, 1.54) is 5.56 Å². The average molecular weight is 328 g/mol. The molecule has 106 valence electrons. The number of alkyl halides is 1. The summed E-state index contributed by atoms with van der Waals surface area (Å²) < 4.78 is 10.9. The van der Waals surface area contributed by atoms with Gasteiger partial charge in [-0.15, -0.1) is 0 Å². The number of halogens is 1. The van der Waals surface area contributed by atoms with Crippen molar-refractivity contribution in [3.05, 3.63) is 29.8 Å². The largest absolute Gasteiger partial charge is 0.493 e. The van der Waals surface area contributed by atoms with E-state index in [0.717, 1.165) is 38.5 Å². The van der Waals surface area contributed by atoms with Gasteiger partial charge in [0.15, 0.2) is 0 Å². The van der Waals surface area contributed by atoms with Crippen molar-refractivity contribution >= 4 is 15.9 Å². The molecule has 1 heterocycles. The average Bonchev–Trinajstić information content (AvgIpc) is 2.39. The van der Waals surface area contributed by atoms with Crippen LogP contribution >= 0.6 is 15.9 Å². The van der Waals surface area contributed by atoms with E-state index < -0.39 is 0 Å². The van der Waals surface area contributed by atoms with Crippen LogP contribution in [0.5, 0.6) is 5.75 Å². The minimum Gasteiger partial charge on any atom is -0.493 e. The van der Waals surface area contributed by atoms with E-state index in [1.807, 2.05) is 6.07 Å². The van der Waals surface area contributed by atoms with Crippen molar-refractivity contribution in [3.8, 4) is 5.75 Å². The molecular formula is C15H22BrNO2. The van der Waals surface area contributed by atoms with Crippen LogP contribution in [0.3, 0.4) is 0 Å². The van der Waals surface area contributed by atoms with Gasteiger partial charge in [-0.25, -0.2) is 0 Å². The van der Waals surface area contributed by atoms with Gasteiger partial charge in [0.2, 0.25) is 0 Å². The van der Waals surface area contributed by atoms with Crippen molar-refractivity contribution in [1.29, 1.82) is 0 Å². The number of para-hydroxylation sites is 1. The maximum absolute atomic E-state index is 5.71. The Morgan fingerprint density at radius 2 is 2.26 bits per heavy atom. The van der Waals surface area contributed by atoms with Crippen LogP contribution < -0.4 is 4.74 Å². The molecule has 2 atom stereocenters. The Morgan fingerprint density at radius 1 is 1.47 bits per heavy atom. The molecule has 19 heavy (non-hydrogen) atoms. The molecule has 3 nitrogen and oxygen atoms in total. The standard InChI is InChI=1S/C15H22BrNO2/c1-17(10-13(16)11-18-2)9-12-7-8-19-15-6-4-3-5-14(12)15/h3-6,12-13H,7-11H2,1-2H3. The first-order chi connectivity index (χ1) is 9.20. The van der Waals surface area contributed by atoms with E-state index in [0.29, 0.717) is 10.7 Å². The number of fused-ring (bicyclic) bond motifs is 1. The number of hydrogen-bond acceptors (Lipinski definition) is 3. The molecule has 0 saturated carbocycles. The predicted molar refractivity (Wildman–Crippen MR) is 81.4 cm³/mol. The lowest BCUT2D eigenvalue weighted by Crippen LogP contribution is -2.33. The third-order valence-electron chi connectivity index (χ3n) is 3.47. The molecule has 2 unspecified atom stereocenters. The topological polar surface area (TPSA) is 21.7 Å². The van der Waals surface area contributed by atoms with Crippen LogP contribution in [0.15, 0.2) is 24.3 Å². The Morgan fingerprint density at radius 3 is 3.05 bits per heavy atom. The van der Waals surface area contributed by atoms with E-state index in [4.69, 9.17) is 9.47 Å². The molecule has 4 heteroatoms. The quantitative estimate of drug-likeness (QED) is 0.750. The van der Waals surface area contributed by atoms with Crippen LogP contribution in [0.4, 0.5) is 0 Å². The molecule has 0 aliphatic carbocycles. The van der Waals surface area contributed by atoms with Crippen LogP contribution in [-0.2, 0) is 4.74 Å². The number of methoxy groups -OCH3 is 1. The van der Waals surface area contributed by atoms with Gasteiger partial charge < -0.3 is 14.4 Å². The van der Waals surface area contributed by atoms with E-state index >= 15 is 0 Å². The van der Waals surface area contributed by atoms with Crippen molar-refractivity contribution in [2.24, 2.45) is 0 Å². The van der Waals surface area contributed by atoms with Gasteiger partial charge in [0.05, 0.1) is 18.0 Å². The first-order valence-electron chi connectivity index (χ1n) is 6.74. The molecule has 0 aromatic heterocycles. The maximum atomic E-state index is 5.71. The van der Waals surface area contributed by atoms with E-state index in [9.17, 15) is 0 Å². The van der Waals surface area contributed by atoms with Crippen LogP contribution in [0.2, 0.25) is 0 Å². The molecule has 0 amide bonds. The van der Waals surface area contributed by atoms with Crippen molar-refractivity contribution in [2.75, 3.05) is 40.5 Å². The molecule has 1 aromatic rings. The lowest BCUT2D eigenvalue weighted by molar-refractivity contribution is 0.180. The summed E-state index contributed by atoms with van der Waals surface area (Å²) in [6.07, 6.45) is 1.10. The van der Waals surface area contributed by atoms with E-state index in [-0.39, 0.29) is 0 Å². The molecular weight excluding hydrogens is 306 g/mol. The summed E-state index contributed by atoms with van der Waals surface area (Å²) in [5, 5.41) is 0. The summed E-state index contributed by atoms with van der Waals surface area (Å²) >= 11 is 3.64. The number of rotatable bonds is 6. The second-order valence-electron chi connectivity index (χ2n) is 5.15. The molecule has 0 saturated heterocycles. The number of ether oxygens (including phenoxy) is 2. The SMILES string of the molecule is COCC(Br)CN(C)CC1CCOc2ccccc21. The normalized spacial score (nSPS) is 19.9. The zero-order valence-electron chi connectivity index (χ0n) is 11.6. The number of nitrogens with zero attached hydrogens (tertiary/aromatic N) is 1. The van der Waals surface area contributed by atoms with Crippen LogP contribution in [0.25, 0.3) is 0 Å². The summed E-state index contributed by atoms with van der Waals surface area (Å²) in [5.41, 5.74) is 1.35. The summed E-state index contributed by atoms with van der Waals surface area (Å²) in [4.78, 5) is 2.75. The van der Waals surface area contributed by atoms with Gasteiger partial charge in [-0.05, 0) is 25.1 Å². The van der Waals surface area contributed by atoms with Crippen molar-refractivity contribution in [1.82, 2.24) is 4.90 Å². The second kappa shape index (κ2) is 7.27. The van der Waals surface area contributed by atoms with E-state index in [2.05, 4.69) is 46.1 Å². The number of benzene rings is 1. The minimum atomic E-state index is 0.387. The van der Waals surface area contributed by atoms with Crippen molar-refractivity contribution < 1.29 is 9.47 Å². The van der Waals surface area contributed by atoms with Gasteiger partial charge in [0.1, 0.15) is 5.75 Å². The monoisotopic (exact) mass is 327 g/mol. The molecule has 0 N–H and O–H groups in total. The predicted octanol–water partition coefficient (Wildman–Crippen LogP) is 2.89. The van der Waals surface area contributed by atoms with Crippen molar-refractivity contribution in [3.63, 3.8) is 0 Å². The summed E-state index contributed by atoms with van der Waals surface area (Å²) in [6.45, 7) is 3.62. The van der Waals surface area contributed by atoms with Gasteiger partial charge >= 0.3 is 0 Å². The lowest BCUT2D eigenvalue weighted by atomic mass is 9.93. The van der Waals surface area contributed by atoms with Gasteiger partial charge in [-0.1, -0.05) is 34.1 Å². The van der Waals surface area contributed by atoms with Crippen LogP contribution in [0.1, 0.15) is 17.9 Å². The van der Waals surface area contributed by atoms with Gasteiger partial charge in [-0.2, -0.15) is 0 Å². The number of likely N-dealkylation sites (N-methyl/N-ethyl adjacent to an activating group) is 1. The van der Waals surface area contributed by atoms with Gasteiger partial charge in [0.25, 0.3) is 0 Å². The Bertz CT molecular complexity index is 399. The molecule has 0 bridgehead atoms. The third kappa shape index (κ3) is 4.20. The first-order valence-corrected chi connectivity index (χ1v) is 7.65. The molecule has 2 rings (SSSR count).